The van der Waals surface area contributed by atoms with Gasteiger partial charge in [-0.1, -0.05) is 64.7 Å². The monoisotopic (exact) mass is 323 g/mol. The zero-order valence-corrected chi connectivity index (χ0v) is 15.1. The van der Waals surface area contributed by atoms with Crippen molar-refractivity contribution in [1.82, 2.24) is 4.57 Å². The van der Waals surface area contributed by atoms with E-state index in [1.165, 1.54) is 57.8 Å². The summed E-state index contributed by atoms with van der Waals surface area (Å²) in [6.07, 6.45) is 18.2. The number of carbonyl (C=O) groups is 1. The Hall–Kier alpha value is -1.32. The number of hydrogen-bond donors (Lipinski definition) is 1. The van der Waals surface area contributed by atoms with E-state index in [1.807, 2.05) is 17.0 Å². The Morgan fingerprint density at radius 3 is 2.09 bits per heavy atom. The van der Waals surface area contributed by atoms with Crippen molar-refractivity contribution in [3.8, 4) is 0 Å². The molecule has 1 N–H and O–H groups in total. The van der Waals surface area contributed by atoms with Crippen LogP contribution in [0.25, 0.3) is 0 Å². The van der Waals surface area contributed by atoms with Gasteiger partial charge in [0, 0.05) is 6.42 Å². The number of unbranched alkanes of at least 4 members (excludes halogenated alkanes) is 9. The maximum absolute atomic E-state index is 10.9. The van der Waals surface area contributed by atoms with Crippen molar-refractivity contribution in [3.63, 3.8) is 0 Å². The van der Waals surface area contributed by atoms with Crippen molar-refractivity contribution < 1.29 is 14.5 Å². The third kappa shape index (κ3) is 8.19. The van der Waals surface area contributed by atoms with Gasteiger partial charge in [-0.25, -0.2) is 13.9 Å². The molecule has 4 nitrogen and oxygen atoms in total. The highest BCUT2D eigenvalue weighted by atomic mass is 16.4. The first-order chi connectivity index (χ1) is 11.2. The van der Waals surface area contributed by atoms with Crippen molar-refractivity contribution in [2.24, 2.45) is 0 Å². The van der Waals surface area contributed by atoms with Crippen molar-refractivity contribution >= 4 is 5.97 Å². The maximum Gasteiger partial charge on any atom is 0.346 e. The summed E-state index contributed by atoms with van der Waals surface area (Å²) in [5.74, 6) is 0.377. The van der Waals surface area contributed by atoms with Crippen LogP contribution >= 0.6 is 0 Å². The summed E-state index contributed by atoms with van der Waals surface area (Å²) in [6.45, 7) is 5.34. The maximum atomic E-state index is 10.9. The highest BCUT2D eigenvalue weighted by Crippen LogP contribution is 2.11. The Balaban J connectivity index is 2.17. The van der Waals surface area contributed by atoms with Crippen LogP contribution in [0.5, 0.6) is 0 Å². The summed E-state index contributed by atoms with van der Waals surface area (Å²) in [5.41, 5.74) is 0. The van der Waals surface area contributed by atoms with Gasteiger partial charge < -0.3 is 5.11 Å². The number of aryl methyl sites for hydroxylation is 1. The van der Waals surface area contributed by atoms with Crippen molar-refractivity contribution in [1.29, 1.82) is 0 Å². The molecular weight excluding hydrogens is 288 g/mol. The van der Waals surface area contributed by atoms with Gasteiger partial charge in [-0.15, -0.1) is 0 Å². The number of carboxylic acid groups (broad SMARTS) is 1. The Morgan fingerprint density at radius 2 is 1.57 bits per heavy atom. The van der Waals surface area contributed by atoms with E-state index in [4.69, 9.17) is 5.11 Å². The van der Waals surface area contributed by atoms with Crippen molar-refractivity contribution in [2.75, 3.05) is 0 Å². The van der Waals surface area contributed by atoms with Crippen LogP contribution in [0.4, 0.5) is 0 Å². The standard InChI is InChI=1S/C19H34N2O2/c1-3-5-6-7-8-9-10-11-12-13-14-18-20(4-2)15-16-21(18)17-19(22)23/h15-16H,3-14,17H2,1-2H3/p+1. The highest BCUT2D eigenvalue weighted by molar-refractivity contribution is 5.64. The summed E-state index contributed by atoms with van der Waals surface area (Å²) in [7, 11) is 0. The summed E-state index contributed by atoms with van der Waals surface area (Å²) >= 11 is 0. The number of rotatable bonds is 14. The molecule has 0 aromatic carbocycles. The number of aliphatic carboxylic acids is 1. The second kappa shape index (κ2) is 12.1. The first-order valence-corrected chi connectivity index (χ1v) is 9.48. The minimum absolute atomic E-state index is 0.0695. The summed E-state index contributed by atoms with van der Waals surface area (Å²) < 4.78 is 4.04. The Kier molecular flexibility index (Phi) is 10.4. The van der Waals surface area contributed by atoms with Gasteiger partial charge in [-0.3, -0.25) is 0 Å². The zero-order valence-electron chi connectivity index (χ0n) is 15.1. The second-order valence-electron chi connectivity index (χ2n) is 6.45. The molecule has 0 amide bonds. The molecule has 0 spiro atoms. The van der Waals surface area contributed by atoms with Crippen molar-refractivity contribution in [3.05, 3.63) is 18.2 Å². The molecule has 0 saturated heterocycles. The normalized spacial score (nSPS) is 11.0. The zero-order chi connectivity index (χ0) is 16.9. The fraction of sp³-hybridized carbons (Fsp3) is 0.789. The fourth-order valence-corrected chi connectivity index (χ4v) is 3.13. The molecule has 0 saturated carbocycles. The van der Waals surface area contributed by atoms with E-state index in [0.717, 1.165) is 25.2 Å². The molecule has 0 aliphatic carbocycles. The first kappa shape index (κ1) is 19.7. The summed E-state index contributed by atoms with van der Waals surface area (Å²) in [4.78, 5) is 10.9. The molecule has 0 bridgehead atoms. The lowest BCUT2D eigenvalue weighted by atomic mass is 10.1. The smallest absolute Gasteiger partial charge is 0.346 e. The largest absolute Gasteiger partial charge is 0.478 e. The predicted molar refractivity (Wildman–Crippen MR) is 93.5 cm³/mol. The van der Waals surface area contributed by atoms with Gasteiger partial charge in [0.25, 0.3) is 5.82 Å². The third-order valence-electron chi connectivity index (χ3n) is 4.49. The molecule has 1 aromatic rings. The predicted octanol–water partition coefficient (Wildman–Crippen LogP) is 4.34. The van der Waals surface area contributed by atoms with Gasteiger partial charge >= 0.3 is 5.97 Å². The van der Waals surface area contributed by atoms with Gasteiger partial charge in [0.2, 0.25) is 0 Å². The van der Waals surface area contributed by atoms with E-state index in [0.29, 0.717) is 0 Å². The molecule has 1 rings (SSSR count). The average Bonchev–Trinajstić information content (AvgIpc) is 2.90. The molecule has 132 valence electrons. The van der Waals surface area contributed by atoms with E-state index in [9.17, 15) is 4.79 Å². The minimum atomic E-state index is -0.770. The van der Waals surface area contributed by atoms with E-state index in [2.05, 4.69) is 18.4 Å². The number of imidazole rings is 1. The lowest BCUT2D eigenvalue weighted by Gasteiger charge is -2.04. The molecule has 23 heavy (non-hydrogen) atoms. The molecule has 4 heteroatoms. The van der Waals surface area contributed by atoms with Crippen LogP contribution in [0.15, 0.2) is 12.4 Å². The van der Waals surface area contributed by atoms with Gasteiger partial charge in [-0.2, -0.15) is 0 Å². The topological polar surface area (TPSA) is 46.1 Å². The fourth-order valence-electron chi connectivity index (χ4n) is 3.13. The first-order valence-electron chi connectivity index (χ1n) is 9.48. The van der Waals surface area contributed by atoms with Crippen molar-refractivity contribution in [2.45, 2.75) is 97.6 Å². The van der Waals surface area contributed by atoms with Gasteiger partial charge in [-0.05, 0) is 13.3 Å². The van der Waals surface area contributed by atoms with Crippen LogP contribution in [0.3, 0.4) is 0 Å². The van der Waals surface area contributed by atoms with E-state index in [-0.39, 0.29) is 6.54 Å². The van der Waals surface area contributed by atoms with Crippen LogP contribution in [0, 0.1) is 0 Å². The van der Waals surface area contributed by atoms with Gasteiger partial charge in [0.15, 0.2) is 6.54 Å². The van der Waals surface area contributed by atoms with Gasteiger partial charge in [0.05, 0.1) is 6.54 Å². The molecule has 0 unspecified atom stereocenters. The Bertz CT molecular complexity index is 441. The minimum Gasteiger partial charge on any atom is -0.478 e. The quantitative estimate of drug-likeness (QED) is 0.409. The molecular formula is C19H35N2O2+. The number of aromatic nitrogens is 2. The Labute approximate surface area is 141 Å². The molecule has 0 radical (unpaired) electrons. The molecule has 0 atom stereocenters. The van der Waals surface area contributed by atoms with Crippen LogP contribution < -0.4 is 4.57 Å². The molecule has 1 heterocycles. The summed E-state index contributed by atoms with van der Waals surface area (Å²) in [6, 6.07) is 0. The highest BCUT2D eigenvalue weighted by Gasteiger charge is 2.17. The van der Waals surface area contributed by atoms with E-state index >= 15 is 0 Å². The van der Waals surface area contributed by atoms with Gasteiger partial charge in [0.1, 0.15) is 12.4 Å². The lowest BCUT2D eigenvalue weighted by molar-refractivity contribution is -0.692. The molecule has 0 aliphatic rings. The summed E-state index contributed by atoms with van der Waals surface area (Å²) in [5, 5.41) is 8.99. The third-order valence-corrected chi connectivity index (χ3v) is 4.49. The van der Waals surface area contributed by atoms with Crippen LogP contribution in [0.2, 0.25) is 0 Å². The number of nitrogens with zero attached hydrogens (tertiary/aromatic N) is 2. The van der Waals surface area contributed by atoms with Crippen LogP contribution in [-0.4, -0.2) is 15.6 Å². The van der Waals surface area contributed by atoms with E-state index < -0.39 is 5.97 Å². The van der Waals surface area contributed by atoms with E-state index in [1.54, 1.807) is 0 Å². The van der Waals surface area contributed by atoms with Crippen LogP contribution in [-0.2, 0) is 24.3 Å². The molecule has 0 fully saturated rings. The SMILES string of the molecule is CCCCCCCCCCCCc1n(CC)cc[n+]1CC(=O)O. The number of hydrogen-bond acceptors (Lipinski definition) is 1. The molecule has 0 aliphatic heterocycles. The lowest BCUT2D eigenvalue weighted by Crippen LogP contribution is -2.40. The molecule has 1 aromatic heterocycles. The Morgan fingerprint density at radius 1 is 1.00 bits per heavy atom. The number of carboxylic acids is 1. The van der Waals surface area contributed by atoms with Crippen LogP contribution in [0.1, 0.15) is 83.9 Å². The second-order valence-corrected chi connectivity index (χ2v) is 6.45. The average molecular weight is 324 g/mol.